The Bertz CT molecular complexity index is 2580. The molecule has 8 aromatic carbocycles. The van der Waals surface area contributed by atoms with Crippen molar-refractivity contribution in [3.63, 3.8) is 0 Å². The molecule has 0 spiro atoms. The molecule has 0 aliphatic carbocycles. The third-order valence-electron chi connectivity index (χ3n) is 9.30. The van der Waals surface area contributed by atoms with Crippen LogP contribution in [0.25, 0.3) is 87.8 Å². The minimum absolute atomic E-state index is 0.711. The number of rotatable bonds is 3. The summed E-state index contributed by atoms with van der Waals surface area (Å²) < 4.78 is 0. The van der Waals surface area contributed by atoms with Crippen LogP contribution in [0.5, 0.6) is 0 Å². The van der Waals surface area contributed by atoms with E-state index in [1.165, 1.54) is 53.9 Å². The first kappa shape index (κ1) is 27.9. The van der Waals surface area contributed by atoms with Crippen molar-refractivity contribution in [3.8, 4) is 33.9 Å². The van der Waals surface area contributed by atoms with Crippen LogP contribution < -0.4 is 0 Å². The maximum Gasteiger partial charge on any atom is 0.160 e. The molecule has 0 atom stereocenters. The van der Waals surface area contributed by atoms with Gasteiger partial charge in [-0.05, 0) is 66.0 Å². The van der Waals surface area contributed by atoms with E-state index in [0.29, 0.717) is 5.82 Å². The molecule has 0 aliphatic heterocycles. The van der Waals surface area contributed by atoms with Crippen molar-refractivity contribution in [2.24, 2.45) is 0 Å². The van der Waals surface area contributed by atoms with Gasteiger partial charge in [0.2, 0.25) is 0 Å². The lowest BCUT2D eigenvalue weighted by Crippen LogP contribution is -1.95. The van der Waals surface area contributed by atoms with E-state index in [2.05, 4.69) is 158 Å². The van der Waals surface area contributed by atoms with Gasteiger partial charge in [0.15, 0.2) is 5.82 Å². The molecule has 1 heterocycles. The summed E-state index contributed by atoms with van der Waals surface area (Å²) in [6, 6.07) is 64.8. The molecule has 224 valence electrons. The molecule has 2 heteroatoms. The van der Waals surface area contributed by atoms with Crippen molar-refractivity contribution in [2.75, 3.05) is 0 Å². The molecule has 0 saturated heterocycles. The quantitative estimate of drug-likeness (QED) is 0.199. The highest BCUT2D eigenvalue weighted by atomic mass is 14.9. The van der Waals surface area contributed by atoms with Gasteiger partial charge in [-0.3, -0.25) is 0 Å². The van der Waals surface area contributed by atoms with Gasteiger partial charge in [-0.15, -0.1) is 0 Å². The van der Waals surface area contributed by atoms with Crippen molar-refractivity contribution >= 4 is 53.9 Å². The standard InChI is InChI=1S/C46H30N2/c1-3-15-31(16-4-1)44-30-45(48-46(47-44)32-17-5-2-6-18-32)33-27-28-42-40-25-12-11-23-38(40)36-21-8-7-19-34(36)35-20-9-10-22-37(35)39-24-13-14-26-41(39)43(42)29-33/h1-30H. The van der Waals surface area contributed by atoms with E-state index in [1.54, 1.807) is 0 Å². The zero-order chi connectivity index (χ0) is 31.9. The van der Waals surface area contributed by atoms with Gasteiger partial charge in [0.05, 0.1) is 11.4 Å². The largest absolute Gasteiger partial charge is 0.228 e. The van der Waals surface area contributed by atoms with Crippen molar-refractivity contribution in [1.29, 1.82) is 0 Å². The van der Waals surface area contributed by atoms with E-state index in [0.717, 1.165) is 28.1 Å². The number of fused-ring (bicyclic) bond motifs is 10. The lowest BCUT2D eigenvalue weighted by molar-refractivity contribution is 1.18. The molecule has 9 rings (SSSR count). The average Bonchev–Trinajstić information content (AvgIpc) is 3.18. The van der Waals surface area contributed by atoms with Gasteiger partial charge in [0.25, 0.3) is 0 Å². The molecule has 0 N–H and O–H groups in total. The van der Waals surface area contributed by atoms with Crippen LogP contribution >= 0.6 is 0 Å². The Morgan fingerprint density at radius 1 is 0.229 bits per heavy atom. The van der Waals surface area contributed by atoms with Gasteiger partial charge < -0.3 is 0 Å². The monoisotopic (exact) mass is 610 g/mol. The lowest BCUT2D eigenvalue weighted by Gasteiger charge is -2.12. The van der Waals surface area contributed by atoms with E-state index in [1.807, 2.05) is 24.3 Å². The Hall–Kier alpha value is -6.38. The molecule has 0 radical (unpaired) electrons. The van der Waals surface area contributed by atoms with Gasteiger partial charge in [-0.1, -0.05) is 170 Å². The molecular formula is C46H30N2. The minimum Gasteiger partial charge on any atom is -0.228 e. The number of benzene rings is 7. The smallest absolute Gasteiger partial charge is 0.160 e. The molecule has 0 amide bonds. The van der Waals surface area contributed by atoms with E-state index in [9.17, 15) is 0 Å². The predicted molar refractivity (Wildman–Crippen MR) is 203 cm³/mol. The van der Waals surface area contributed by atoms with Gasteiger partial charge in [-0.25, -0.2) is 9.97 Å². The summed E-state index contributed by atoms with van der Waals surface area (Å²) in [7, 11) is 0. The van der Waals surface area contributed by atoms with Crippen molar-refractivity contribution in [2.45, 2.75) is 0 Å². The summed E-state index contributed by atoms with van der Waals surface area (Å²) in [5.41, 5.74) is 4.88. The fourth-order valence-corrected chi connectivity index (χ4v) is 7.04. The summed E-state index contributed by atoms with van der Waals surface area (Å²) in [4.78, 5) is 10.2. The first-order chi connectivity index (χ1) is 23.8. The normalized spacial score (nSPS) is 11.3. The Kier molecular flexibility index (Phi) is 6.84. The summed E-state index contributed by atoms with van der Waals surface area (Å²) in [5, 5.41) is 12.1. The molecule has 0 aliphatic rings. The van der Waals surface area contributed by atoms with Crippen LogP contribution in [0.2, 0.25) is 0 Å². The second-order valence-corrected chi connectivity index (χ2v) is 12.1. The number of nitrogens with zero attached hydrogens (tertiary/aromatic N) is 2. The van der Waals surface area contributed by atoms with E-state index in [4.69, 9.17) is 9.97 Å². The van der Waals surface area contributed by atoms with E-state index >= 15 is 0 Å². The van der Waals surface area contributed by atoms with Crippen LogP contribution in [0, 0.1) is 0 Å². The van der Waals surface area contributed by atoms with Crippen LogP contribution in [0.1, 0.15) is 0 Å². The van der Waals surface area contributed by atoms with Crippen molar-refractivity contribution in [3.05, 3.63) is 182 Å². The first-order valence-electron chi connectivity index (χ1n) is 16.3. The highest BCUT2D eigenvalue weighted by molar-refractivity contribution is 6.26. The highest BCUT2D eigenvalue weighted by Crippen LogP contribution is 2.37. The summed E-state index contributed by atoms with van der Waals surface area (Å²) in [6.07, 6.45) is 0. The maximum atomic E-state index is 5.18. The SMILES string of the molecule is c1ccc(-c2cc(-c3ccc4c5ccccc5c5ccccc5c5ccccc5c5ccccc5c4c3)nc(-c3ccccc3)n2)cc1. The molecular weight excluding hydrogens is 581 g/mol. The van der Waals surface area contributed by atoms with Crippen LogP contribution in [0.15, 0.2) is 182 Å². The fraction of sp³-hybridized carbons (Fsp3) is 0. The van der Waals surface area contributed by atoms with Crippen LogP contribution in [0.4, 0.5) is 0 Å². The summed E-state index contributed by atoms with van der Waals surface area (Å²) in [6.45, 7) is 0. The second kappa shape index (κ2) is 11.8. The van der Waals surface area contributed by atoms with Crippen molar-refractivity contribution < 1.29 is 0 Å². The molecule has 2 nitrogen and oxygen atoms in total. The summed E-state index contributed by atoms with van der Waals surface area (Å²) in [5.74, 6) is 0.711. The molecule has 0 saturated carbocycles. The predicted octanol–water partition coefficient (Wildman–Crippen LogP) is 12.4. The molecule has 0 fully saturated rings. The molecule has 0 unspecified atom stereocenters. The molecule has 1 aromatic heterocycles. The van der Waals surface area contributed by atoms with Gasteiger partial charge in [-0.2, -0.15) is 0 Å². The zero-order valence-electron chi connectivity index (χ0n) is 26.2. The fourth-order valence-electron chi connectivity index (χ4n) is 7.04. The minimum atomic E-state index is 0.711. The third kappa shape index (κ3) is 4.83. The Labute approximate surface area is 278 Å². The number of aromatic nitrogens is 2. The lowest BCUT2D eigenvalue weighted by atomic mass is 9.93. The Morgan fingerprint density at radius 2 is 0.562 bits per heavy atom. The van der Waals surface area contributed by atoms with Gasteiger partial charge in [0.1, 0.15) is 0 Å². The topological polar surface area (TPSA) is 25.8 Å². The number of hydrogen-bond acceptors (Lipinski definition) is 2. The third-order valence-corrected chi connectivity index (χ3v) is 9.30. The van der Waals surface area contributed by atoms with E-state index in [-0.39, 0.29) is 0 Å². The van der Waals surface area contributed by atoms with Gasteiger partial charge in [0, 0.05) is 16.7 Å². The molecule has 9 aromatic rings. The number of hydrogen-bond donors (Lipinski definition) is 0. The average molecular weight is 611 g/mol. The van der Waals surface area contributed by atoms with Crippen LogP contribution in [-0.2, 0) is 0 Å². The van der Waals surface area contributed by atoms with E-state index < -0.39 is 0 Å². The Balaban J connectivity index is 1.45. The highest BCUT2D eigenvalue weighted by Gasteiger charge is 2.13. The second-order valence-electron chi connectivity index (χ2n) is 12.1. The molecule has 48 heavy (non-hydrogen) atoms. The maximum absolute atomic E-state index is 5.18. The van der Waals surface area contributed by atoms with Crippen LogP contribution in [0.3, 0.4) is 0 Å². The van der Waals surface area contributed by atoms with Crippen molar-refractivity contribution in [1.82, 2.24) is 9.97 Å². The summed E-state index contributed by atoms with van der Waals surface area (Å²) >= 11 is 0. The van der Waals surface area contributed by atoms with Crippen LogP contribution in [-0.4, -0.2) is 9.97 Å². The molecule has 0 bridgehead atoms. The first-order valence-corrected chi connectivity index (χ1v) is 16.3. The zero-order valence-corrected chi connectivity index (χ0v) is 26.2. The van der Waals surface area contributed by atoms with Gasteiger partial charge >= 0.3 is 0 Å². The Morgan fingerprint density at radius 3 is 1.00 bits per heavy atom.